The van der Waals surface area contributed by atoms with Gasteiger partial charge in [0.15, 0.2) is 8.32 Å². The van der Waals surface area contributed by atoms with E-state index in [2.05, 4.69) is 79.5 Å². The minimum Gasteiger partial charge on any atom is -0.547 e. The first-order valence-corrected chi connectivity index (χ1v) is 22.7. The van der Waals surface area contributed by atoms with Crippen LogP contribution in [0, 0.1) is 29.1 Å². The molecular formula is C34H60O6Si2. The molecule has 0 radical (unpaired) electrons. The van der Waals surface area contributed by atoms with Crippen LogP contribution in [0.5, 0.6) is 0 Å². The van der Waals surface area contributed by atoms with Crippen molar-refractivity contribution in [3.05, 3.63) is 23.5 Å². The molecule has 0 unspecified atom stereocenters. The van der Waals surface area contributed by atoms with Gasteiger partial charge in [-0.1, -0.05) is 47.6 Å². The standard InChI is InChI=1S/C34H60O6Si2/c1-14-34(7,8)32(36)38-29-18-22(2)17-24-19-28(40-41(9,10)11)23(3)27(31(24)29)16-15-25-20-26(21-30(35)37-25)39-42(12,13)33(4,5)6/h17,19,22-23,25-27,29,31H,14-16,18,20-21H2,1-13H3/t22-,23+,25+,26+,27-,29-,31-/m0/s1. The first-order chi connectivity index (χ1) is 19.1. The van der Waals surface area contributed by atoms with E-state index in [1.165, 1.54) is 5.57 Å². The molecule has 0 spiro atoms. The summed E-state index contributed by atoms with van der Waals surface area (Å²) in [5.41, 5.74) is 0.717. The predicted octanol–water partition coefficient (Wildman–Crippen LogP) is 8.79. The molecule has 1 aliphatic heterocycles. The van der Waals surface area contributed by atoms with E-state index in [0.717, 1.165) is 37.9 Å². The van der Waals surface area contributed by atoms with E-state index in [1.807, 2.05) is 20.8 Å². The Labute approximate surface area is 258 Å². The number of hydrogen-bond donors (Lipinski definition) is 0. The number of hydrogen-bond acceptors (Lipinski definition) is 6. The van der Waals surface area contributed by atoms with Gasteiger partial charge in [-0.05, 0) is 101 Å². The van der Waals surface area contributed by atoms with Crippen molar-refractivity contribution in [2.24, 2.45) is 29.1 Å². The van der Waals surface area contributed by atoms with E-state index in [1.54, 1.807) is 0 Å². The summed E-state index contributed by atoms with van der Waals surface area (Å²) in [4.78, 5) is 26.0. The third-order valence-electron chi connectivity index (χ3n) is 10.2. The van der Waals surface area contributed by atoms with Crippen molar-refractivity contribution in [2.75, 3.05) is 0 Å². The number of ether oxygens (including phenoxy) is 2. The number of cyclic esters (lactones) is 1. The van der Waals surface area contributed by atoms with Gasteiger partial charge in [-0.25, -0.2) is 0 Å². The van der Waals surface area contributed by atoms with E-state index < -0.39 is 22.0 Å². The van der Waals surface area contributed by atoms with Crippen molar-refractivity contribution in [1.82, 2.24) is 0 Å². The van der Waals surface area contributed by atoms with E-state index in [0.29, 0.717) is 12.3 Å². The Hall–Kier alpha value is -1.39. The zero-order chi connectivity index (χ0) is 31.8. The van der Waals surface area contributed by atoms with Gasteiger partial charge in [-0.2, -0.15) is 0 Å². The normalized spacial score (nSPS) is 31.0. The van der Waals surface area contributed by atoms with Crippen molar-refractivity contribution in [3.8, 4) is 0 Å². The lowest BCUT2D eigenvalue weighted by Gasteiger charge is -2.46. The van der Waals surface area contributed by atoms with Gasteiger partial charge >= 0.3 is 11.9 Å². The maximum absolute atomic E-state index is 13.3. The van der Waals surface area contributed by atoms with E-state index in [-0.39, 0.29) is 53.0 Å². The van der Waals surface area contributed by atoms with Gasteiger partial charge < -0.3 is 18.3 Å². The fourth-order valence-corrected chi connectivity index (χ4v) is 8.59. The molecule has 0 saturated carbocycles. The smallest absolute Gasteiger partial charge is 0.311 e. The Morgan fingerprint density at radius 3 is 2.24 bits per heavy atom. The minimum atomic E-state index is -2.01. The van der Waals surface area contributed by atoms with Gasteiger partial charge in [0.2, 0.25) is 8.32 Å². The first kappa shape index (κ1) is 35.1. The second-order valence-corrected chi connectivity index (χ2v) is 25.6. The highest BCUT2D eigenvalue weighted by molar-refractivity contribution is 6.74. The van der Waals surface area contributed by atoms with E-state index in [4.69, 9.17) is 18.3 Å². The molecule has 0 aromatic rings. The Balaban J connectivity index is 1.87. The molecule has 1 heterocycles. The number of carbonyl (C=O) groups excluding carboxylic acids is 2. The van der Waals surface area contributed by atoms with E-state index >= 15 is 0 Å². The van der Waals surface area contributed by atoms with Crippen molar-refractivity contribution >= 4 is 28.6 Å². The second kappa shape index (κ2) is 12.9. The molecule has 42 heavy (non-hydrogen) atoms. The summed E-state index contributed by atoms with van der Waals surface area (Å²) in [7, 11) is -3.84. The average molecular weight is 621 g/mol. The highest BCUT2D eigenvalue weighted by Gasteiger charge is 2.47. The zero-order valence-electron chi connectivity index (χ0n) is 28.9. The van der Waals surface area contributed by atoms with Crippen LogP contribution in [0.2, 0.25) is 37.8 Å². The summed E-state index contributed by atoms with van der Waals surface area (Å²) in [5, 5.41) is 0.0835. The molecule has 3 aliphatic rings. The molecule has 240 valence electrons. The molecule has 2 aliphatic carbocycles. The van der Waals surface area contributed by atoms with Crippen LogP contribution in [0.3, 0.4) is 0 Å². The van der Waals surface area contributed by atoms with Gasteiger partial charge in [0.25, 0.3) is 0 Å². The molecule has 6 nitrogen and oxygen atoms in total. The highest BCUT2D eigenvalue weighted by atomic mass is 28.4. The van der Waals surface area contributed by atoms with Crippen LogP contribution in [0.25, 0.3) is 0 Å². The Kier molecular flexibility index (Phi) is 10.8. The Morgan fingerprint density at radius 2 is 1.67 bits per heavy atom. The van der Waals surface area contributed by atoms with E-state index in [9.17, 15) is 9.59 Å². The summed E-state index contributed by atoms with van der Waals surface area (Å²) in [6.45, 7) is 28.3. The minimum absolute atomic E-state index is 0.0835. The number of rotatable bonds is 10. The van der Waals surface area contributed by atoms with Crippen molar-refractivity contribution in [2.45, 2.75) is 150 Å². The molecule has 0 bridgehead atoms. The van der Waals surface area contributed by atoms with Gasteiger partial charge in [-0.3, -0.25) is 9.59 Å². The third-order valence-corrected chi connectivity index (χ3v) is 15.5. The quantitative estimate of drug-likeness (QED) is 0.180. The molecule has 0 N–H and O–H groups in total. The van der Waals surface area contributed by atoms with Gasteiger partial charge in [0, 0.05) is 18.3 Å². The number of allylic oxidation sites excluding steroid dienone is 3. The van der Waals surface area contributed by atoms with Crippen LogP contribution in [-0.2, 0) is 27.9 Å². The van der Waals surface area contributed by atoms with Crippen LogP contribution in [0.4, 0.5) is 0 Å². The molecule has 1 fully saturated rings. The molecule has 7 atom stereocenters. The lowest BCUT2D eigenvalue weighted by molar-refractivity contribution is -0.166. The van der Waals surface area contributed by atoms with Gasteiger partial charge in [0.05, 0.1) is 23.7 Å². The van der Waals surface area contributed by atoms with Crippen molar-refractivity contribution in [3.63, 3.8) is 0 Å². The number of esters is 2. The fraction of sp³-hybridized carbons (Fsp3) is 0.824. The molecule has 3 rings (SSSR count). The number of fused-ring (bicyclic) bond motifs is 1. The lowest BCUT2D eigenvalue weighted by atomic mass is 9.64. The summed E-state index contributed by atoms with van der Waals surface area (Å²) >= 11 is 0. The SMILES string of the molecule is CCC(C)(C)C(=O)O[C@H]1C[C@@H](C)C=C2C=C(O[Si](C)(C)C)[C@H](C)[C@H](CC[C@@H]3C[C@@H](O[Si](C)(C)C(C)(C)C)CC(=O)O3)[C@H]21. The highest BCUT2D eigenvalue weighted by Crippen LogP contribution is 2.49. The van der Waals surface area contributed by atoms with Crippen LogP contribution in [0.1, 0.15) is 93.9 Å². The van der Waals surface area contributed by atoms with Gasteiger partial charge in [0.1, 0.15) is 12.2 Å². The zero-order valence-corrected chi connectivity index (χ0v) is 30.9. The van der Waals surface area contributed by atoms with Crippen LogP contribution < -0.4 is 0 Å². The summed E-state index contributed by atoms with van der Waals surface area (Å²) < 4.78 is 25.6. The molecular weight excluding hydrogens is 561 g/mol. The van der Waals surface area contributed by atoms with Crippen molar-refractivity contribution in [1.29, 1.82) is 0 Å². The first-order valence-electron chi connectivity index (χ1n) is 16.3. The fourth-order valence-electron chi connectivity index (χ4n) is 6.27. The molecule has 0 amide bonds. The number of carbonyl (C=O) groups is 2. The summed E-state index contributed by atoms with van der Waals surface area (Å²) in [6, 6.07) is 0. The summed E-state index contributed by atoms with van der Waals surface area (Å²) in [5.74, 6) is 1.57. The molecule has 1 saturated heterocycles. The molecule has 0 aromatic carbocycles. The topological polar surface area (TPSA) is 71.1 Å². The second-order valence-electron chi connectivity index (χ2n) is 16.4. The average Bonchev–Trinajstić information content (AvgIpc) is 2.81. The molecule has 8 heteroatoms. The maximum atomic E-state index is 13.3. The summed E-state index contributed by atoms with van der Waals surface area (Å²) in [6.07, 6.45) is 8.41. The molecule has 0 aromatic heterocycles. The largest absolute Gasteiger partial charge is 0.547 e. The van der Waals surface area contributed by atoms with Crippen LogP contribution in [-0.4, -0.2) is 46.9 Å². The van der Waals surface area contributed by atoms with Gasteiger partial charge in [-0.15, -0.1) is 0 Å². The Bertz CT molecular complexity index is 1050. The predicted molar refractivity (Wildman–Crippen MR) is 175 cm³/mol. The maximum Gasteiger partial charge on any atom is 0.311 e. The lowest BCUT2D eigenvalue weighted by Crippen LogP contribution is -2.47. The van der Waals surface area contributed by atoms with Crippen LogP contribution in [0.15, 0.2) is 23.5 Å². The van der Waals surface area contributed by atoms with Crippen LogP contribution >= 0.6 is 0 Å². The van der Waals surface area contributed by atoms with Crippen molar-refractivity contribution < 1.29 is 27.9 Å². The third kappa shape index (κ3) is 8.62. The Morgan fingerprint density at radius 1 is 1.02 bits per heavy atom. The monoisotopic (exact) mass is 620 g/mol.